The second-order valence-electron chi connectivity index (χ2n) is 8.16. The maximum Gasteiger partial charge on any atom is 0.191 e. The Morgan fingerprint density at radius 3 is 2.57 bits per heavy atom. The van der Waals surface area contributed by atoms with Crippen LogP contribution in [0.4, 0.5) is 0 Å². The first-order valence-corrected chi connectivity index (χ1v) is 9.18. The van der Waals surface area contributed by atoms with Crippen LogP contribution in [-0.2, 0) is 4.74 Å². The molecule has 2 rings (SSSR count). The fraction of sp³-hybridized carbons (Fsp3) is 0.944. The van der Waals surface area contributed by atoms with Gasteiger partial charge in [-0.1, -0.05) is 20.8 Å². The number of nitrogens with zero attached hydrogens (tertiary/aromatic N) is 2. The molecular formula is C18H36N4O. The molecule has 5 nitrogen and oxygen atoms in total. The Hall–Kier alpha value is -0.810. The second-order valence-corrected chi connectivity index (χ2v) is 8.16. The highest BCUT2D eigenvalue weighted by molar-refractivity contribution is 5.80. The number of aliphatic imine (C=N–C) groups is 1. The Morgan fingerprint density at radius 1 is 1.35 bits per heavy atom. The minimum atomic E-state index is 0.0974. The Labute approximate surface area is 142 Å². The monoisotopic (exact) mass is 324 g/mol. The third kappa shape index (κ3) is 5.35. The summed E-state index contributed by atoms with van der Waals surface area (Å²) in [6.07, 6.45) is 4.09. The van der Waals surface area contributed by atoms with Gasteiger partial charge >= 0.3 is 0 Å². The summed E-state index contributed by atoms with van der Waals surface area (Å²) in [7, 11) is 1.78. The number of methoxy groups -OCH3 is 1. The lowest BCUT2D eigenvalue weighted by Gasteiger charge is -2.28. The van der Waals surface area contributed by atoms with Crippen molar-refractivity contribution in [2.24, 2.45) is 10.4 Å². The van der Waals surface area contributed by atoms with Crippen molar-refractivity contribution in [2.45, 2.75) is 78.1 Å². The molecule has 0 amide bonds. The molecule has 0 spiro atoms. The van der Waals surface area contributed by atoms with E-state index in [9.17, 15) is 0 Å². The standard InChI is InChI=1S/C18H36N4O/c1-7-19-17(20-11-16(23-6)18(3,4)5)21-14-10-13(2)22(12-14)15-8-9-15/h13-16H,7-12H2,1-6H3,(H2,19,20,21). The van der Waals surface area contributed by atoms with E-state index in [0.29, 0.717) is 18.6 Å². The highest BCUT2D eigenvalue weighted by Gasteiger charge is 2.38. The summed E-state index contributed by atoms with van der Waals surface area (Å²) in [5, 5.41) is 7.01. The molecule has 1 saturated heterocycles. The van der Waals surface area contributed by atoms with E-state index in [1.165, 1.54) is 19.3 Å². The number of hydrogen-bond acceptors (Lipinski definition) is 3. The van der Waals surface area contributed by atoms with Gasteiger partial charge in [-0.05, 0) is 38.5 Å². The third-order valence-electron chi connectivity index (χ3n) is 4.99. The SMILES string of the molecule is CCNC(=NCC(OC)C(C)(C)C)NC1CC(C)N(C2CC2)C1. The topological polar surface area (TPSA) is 48.9 Å². The van der Waals surface area contributed by atoms with Crippen LogP contribution in [0.5, 0.6) is 0 Å². The van der Waals surface area contributed by atoms with E-state index in [0.717, 1.165) is 25.1 Å². The molecule has 2 aliphatic rings. The molecule has 23 heavy (non-hydrogen) atoms. The van der Waals surface area contributed by atoms with Gasteiger partial charge in [0.2, 0.25) is 0 Å². The van der Waals surface area contributed by atoms with Crippen molar-refractivity contribution in [1.82, 2.24) is 15.5 Å². The Kier molecular flexibility index (Phi) is 6.32. The van der Waals surface area contributed by atoms with Crippen LogP contribution in [0.3, 0.4) is 0 Å². The summed E-state index contributed by atoms with van der Waals surface area (Å²) in [5.74, 6) is 0.925. The molecule has 2 fully saturated rings. The van der Waals surface area contributed by atoms with Gasteiger partial charge in [-0.15, -0.1) is 0 Å². The lowest BCUT2D eigenvalue weighted by atomic mass is 9.89. The molecule has 134 valence electrons. The maximum atomic E-state index is 5.62. The van der Waals surface area contributed by atoms with E-state index in [-0.39, 0.29) is 11.5 Å². The Morgan fingerprint density at radius 2 is 2.04 bits per heavy atom. The fourth-order valence-electron chi connectivity index (χ4n) is 3.47. The molecular weight excluding hydrogens is 288 g/mol. The zero-order valence-corrected chi connectivity index (χ0v) is 15.9. The summed E-state index contributed by atoms with van der Waals surface area (Å²) < 4.78 is 5.62. The third-order valence-corrected chi connectivity index (χ3v) is 4.99. The number of rotatable bonds is 6. The predicted molar refractivity (Wildman–Crippen MR) is 97.0 cm³/mol. The van der Waals surface area contributed by atoms with Crippen LogP contribution in [0.1, 0.15) is 53.9 Å². The van der Waals surface area contributed by atoms with Crippen molar-refractivity contribution in [1.29, 1.82) is 0 Å². The van der Waals surface area contributed by atoms with Crippen LogP contribution in [0, 0.1) is 5.41 Å². The van der Waals surface area contributed by atoms with Gasteiger partial charge in [-0.25, -0.2) is 0 Å². The number of ether oxygens (including phenoxy) is 1. The van der Waals surface area contributed by atoms with Gasteiger partial charge in [0.05, 0.1) is 12.6 Å². The predicted octanol–water partition coefficient (Wildman–Crippen LogP) is 2.23. The number of hydrogen-bond donors (Lipinski definition) is 2. The van der Waals surface area contributed by atoms with E-state index >= 15 is 0 Å². The molecule has 1 heterocycles. The minimum Gasteiger partial charge on any atom is -0.379 e. The molecule has 1 aliphatic carbocycles. The van der Waals surface area contributed by atoms with Crippen LogP contribution >= 0.6 is 0 Å². The van der Waals surface area contributed by atoms with Gasteiger partial charge in [-0.3, -0.25) is 9.89 Å². The van der Waals surface area contributed by atoms with E-state index in [2.05, 4.69) is 50.2 Å². The van der Waals surface area contributed by atoms with Crippen molar-refractivity contribution >= 4 is 5.96 Å². The van der Waals surface area contributed by atoms with Gasteiger partial charge in [0.25, 0.3) is 0 Å². The normalized spacial score (nSPS) is 28.0. The first-order valence-electron chi connectivity index (χ1n) is 9.18. The zero-order chi connectivity index (χ0) is 17.0. The van der Waals surface area contributed by atoms with Crippen LogP contribution in [-0.4, -0.2) is 61.8 Å². The lowest BCUT2D eigenvalue weighted by Crippen LogP contribution is -2.45. The van der Waals surface area contributed by atoms with Crippen LogP contribution in [0.2, 0.25) is 0 Å². The molecule has 0 aromatic heterocycles. The fourth-order valence-corrected chi connectivity index (χ4v) is 3.47. The molecule has 3 unspecified atom stereocenters. The van der Waals surface area contributed by atoms with Crippen molar-refractivity contribution in [2.75, 3.05) is 26.7 Å². The van der Waals surface area contributed by atoms with E-state index in [4.69, 9.17) is 9.73 Å². The highest BCUT2D eigenvalue weighted by atomic mass is 16.5. The zero-order valence-electron chi connectivity index (χ0n) is 15.9. The smallest absolute Gasteiger partial charge is 0.191 e. The molecule has 5 heteroatoms. The summed E-state index contributed by atoms with van der Waals surface area (Å²) in [6, 6.07) is 2.03. The minimum absolute atomic E-state index is 0.0974. The maximum absolute atomic E-state index is 5.62. The molecule has 0 aromatic rings. The van der Waals surface area contributed by atoms with Crippen molar-refractivity contribution in [3.05, 3.63) is 0 Å². The summed E-state index contributed by atoms with van der Waals surface area (Å²) in [4.78, 5) is 7.44. The van der Waals surface area contributed by atoms with Gasteiger partial charge in [0, 0.05) is 38.3 Å². The molecule has 1 saturated carbocycles. The number of likely N-dealkylation sites (tertiary alicyclic amines) is 1. The van der Waals surface area contributed by atoms with Crippen molar-refractivity contribution < 1.29 is 4.74 Å². The highest BCUT2D eigenvalue weighted by Crippen LogP contribution is 2.33. The second kappa shape index (κ2) is 7.84. The van der Waals surface area contributed by atoms with E-state index in [1.54, 1.807) is 7.11 Å². The average Bonchev–Trinajstić information content (AvgIpc) is 3.22. The average molecular weight is 325 g/mol. The summed E-state index contributed by atoms with van der Waals surface area (Å²) in [6.45, 7) is 13.8. The quantitative estimate of drug-likeness (QED) is 0.581. The summed E-state index contributed by atoms with van der Waals surface area (Å²) in [5.41, 5.74) is 0.0974. The lowest BCUT2D eigenvalue weighted by molar-refractivity contribution is 0.0241. The number of guanidine groups is 1. The Bertz CT molecular complexity index is 400. The molecule has 1 aliphatic heterocycles. The number of nitrogens with one attached hydrogen (secondary N) is 2. The first-order chi connectivity index (χ1) is 10.8. The van der Waals surface area contributed by atoms with Crippen LogP contribution in [0.15, 0.2) is 4.99 Å². The van der Waals surface area contributed by atoms with Crippen molar-refractivity contribution in [3.8, 4) is 0 Å². The molecule has 0 radical (unpaired) electrons. The van der Waals surface area contributed by atoms with Crippen LogP contribution in [0.25, 0.3) is 0 Å². The van der Waals surface area contributed by atoms with Crippen molar-refractivity contribution in [3.63, 3.8) is 0 Å². The summed E-state index contributed by atoms with van der Waals surface area (Å²) >= 11 is 0. The molecule has 3 atom stereocenters. The first kappa shape index (κ1) is 18.5. The van der Waals surface area contributed by atoms with Gasteiger partial charge in [0.15, 0.2) is 5.96 Å². The van der Waals surface area contributed by atoms with E-state index in [1.807, 2.05) is 0 Å². The van der Waals surface area contributed by atoms with Gasteiger partial charge < -0.3 is 15.4 Å². The molecule has 0 bridgehead atoms. The molecule has 0 aromatic carbocycles. The van der Waals surface area contributed by atoms with E-state index < -0.39 is 0 Å². The van der Waals surface area contributed by atoms with Gasteiger partial charge in [-0.2, -0.15) is 0 Å². The molecule has 2 N–H and O–H groups in total. The van der Waals surface area contributed by atoms with Gasteiger partial charge in [0.1, 0.15) is 0 Å². The largest absolute Gasteiger partial charge is 0.379 e. The van der Waals surface area contributed by atoms with Crippen LogP contribution < -0.4 is 10.6 Å². The Balaban J connectivity index is 1.91.